The first kappa shape index (κ1) is 25.6. The minimum Gasteiger partial charge on any atom is -0.288 e. The van der Waals surface area contributed by atoms with Crippen LogP contribution in [0.4, 0.5) is 26.3 Å². The molecule has 0 aromatic heterocycles. The molecule has 0 fully saturated rings. The molecular formula is C25H19F6O2P. The van der Waals surface area contributed by atoms with E-state index in [1.165, 1.54) is 24.3 Å². The predicted molar refractivity (Wildman–Crippen MR) is 119 cm³/mol. The van der Waals surface area contributed by atoms with E-state index in [0.717, 1.165) is 5.56 Å². The Hall–Kier alpha value is -2.99. The van der Waals surface area contributed by atoms with Gasteiger partial charge in [0.25, 0.3) is 0 Å². The third kappa shape index (κ3) is 5.07. The Labute approximate surface area is 193 Å². The van der Waals surface area contributed by atoms with Crippen LogP contribution < -0.4 is 5.30 Å². The Bertz CT molecular complexity index is 1190. The lowest BCUT2D eigenvalue weighted by molar-refractivity contribution is -0.143. The topological polar surface area (TPSA) is 34.1 Å². The second-order valence-electron chi connectivity index (χ2n) is 7.78. The van der Waals surface area contributed by atoms with E-state index in [2.05, 4.69) is 0 Å². The maximum atomic E-state index is 13.7. The largest absolute Gasteiger partial charge is 0.417 e. The number of rotatable bonds is 5. The summed E-state index contributed by atoms with van der Waals surface area (Å²) in [6.07, 6.45) is -10.5. The maximum Gasteiger partial charge on any atom is 0.417 e. The normalized spacial score (nSPS) is 13.0. The highest BCUT2D eigenvalue weighted by Gasteiger charge is 2.45. The van der Waals surface area contributed by atoms with Crippen LogP contribution in [-0.4, -0.2) is 11.0 Å². The monoisotopic (exact) mass is 496 g/mol. The number of halogens is 6. The summed E-state index contributed by atoms with van der Waals surface area (Å²) < 4.78 is 82.5. The molecule has 3 rings (SSSR count). The fraction of sp³-hybridized carbons (Fsp3) is 0.200. The zero-order valence-electron chi connectivity index (χ0n) is 18.3. The first-order valence-electron chi connectivity index (χ1n) is 10.0. The van der Waals surface area contributed by atoms with Gasteiger partial charge in [0.1, 0.15) is 0 Å². The number of aryl methyl sites for hydroxylation is 3. The van der Waals surface area contributed by atoms with Crippen molar-refractivity contribution in [3.05, 3.63) is 99.6 Å². The van der Waals surface area contributed by atoms with Crippen LogP contribution in [-0.2, 0) is 12.4 Å². The van der Waals surface area contributed by atoms with Gasteiger partial charge in [0.2, 0.25) is 0 Å². The molecule has 0 amide bonds. The third-order valence-corrected chi connectivity index (χ3v) is 7.27. The van der Waals surface area contributed by atoms with Crippen LogP contribution in [0.3, 0.4) is 0 Å². The standard InChI is InChI=1S/C25H19F6O2P/c1-14-12-15(2)20(16(3)13-14)22(32)34(17-8-5-4-6-9-17)23(33)21-18(24(26,27)28)10-7-11-19(21)25(29,30)31/h4-13H,1-3H3. The number of hydrogen-bond donors (Lipinski definition) is 0. The number of hydrogen-bond acceptors (Lipinski definition) is 2. The van der Waals surface area contributed by atoms with Crippen LogP contribution >= 0.6 is 7.92 Å². The van der Waals surface area contributed by atoms with Crippen LogP contribution in [0.2, 0.25) is 0 Å². The molecule has 2 nitrogen and oxygen atoms in total. The van der Waals surface area contributed by atoms with Crippen molar-refractivity contribution in [1.29, 1.82) is 0 Å². The highest BCUT2D eigenvalue weighted by atomic mass is 31.1. The van der Waals surface area contributed by atoms with E-state index in [1.54, 1.807) is 39.0 Å². The average molecular weight is 496 g/mol. The maximum absolute atomic E-state index is 13.7. The average Bonchev–Trinajstić information content (AvgIpc) is 2.72. The van der Waals surface area contributed by atoms with E-state index >= 15 is 0 Å². The van der Waals surface area contributed by atoms with E-state index in [4.69, 9.17) is 0 Å². The molecule has 0 radical (unpaired) electrons. The number of carbonyl (C=O) groups is 2. The lowest BCUT2D eigenvalue weighted by Crippen LogP contribution is -2.24. The van der Waals surface area contributed by atoms with Crippen LogP contribution in [0, 0.1) is 20.8 Å². The molecule has 1 atom stereocenters. The van der Waals surface area contributed by atoms with E-state index in [-0.39, 0.29) is 10.9 Å². The fourth-order valence-corrected chi connectivity index (χ4v) is 6.06. The Morgan fingerprint density at radius 3 is 1.53 bits per heavy atom. The van der Waals surface area contributed by atoms with Gasteiger partial charge in [-0.15, -0.1) is 0 Å². The number of carbonyl (C=O) groups excluding carboxylic acids is 2. The van der Waals surface area contributed by atoms with Gasteiger partial charge >= 0.3 is 12.4 Å². The van der Waals surface area contributed by atoms with Crippen molar-refractivity contribution in [1.82, 2.24) is 0 Å². The number of benzene rings is 3. The molecular weight excluding hydrogens is 477 g/mol. The van der Waals surface area contributed by atoms with Gasteiger partial charge in [0.05, 0.1) is 19.0 Å². The van der Waals surface area contributed by atoms with E-state index in [1.807, 2.05) is 0 Å². The Balaban J connectivity index is 2.33. The zero-order valence-corrected chi connectivity index (χ0v) is 19.2. The van der Waals surface area contributed by atoms with Crippen molar-refractivity contribution in [2.45, 2.75) is 33.1 Å². The molecule has 1 unspecified atom stereocenters. The minimum atomic E-state index is -5.23. The molecule has 0 heterocycles. The quantitative estimate of drug-likeness (QED) is 0.272. The van der Waals surface area contributed by atoms with E-state index in [9.17, 15) is 35.9 Å². The Morgan fingerprint density at radius 1 is 0.647 bits per heavy atom. The molecule has 0 saturated heterocycles. The first-order chi connectivity index (χ1) is 15.7. The van der Waals surface area contributed by atoms with Crippen molar-refractivity contribution < 1.29 is 35.9 Å². The molecule has 9 heteroatoms. The third-order valence-electron chi connectivity index (χ3n) is 5.20. The molecule has 3 aromatic carbocycles. The molecule has 0 aliphatic rings. The first-order valence-corrected chi connectivity index (χ1v) is 11.4. The van der Waals surface area contributed by atoms with Gasteiger partial charge in [0.15, 0.2) is 11.0 Å². The molecule has 3 aromatic rings. The molecule has 0 aliphatic heterocycles. The summed E-state index contributed by atoms with van der Waals surface area (Å²) in [5.41, 5.74) is -5.36. The summed E-state index contributed by atoms with van der Waals surface area (Å²) in [4.78, 5) is 27.3. The SMILES string of the molecule is Cc1cc(C)c(C(=O)P(C(=O)c2c(C(F)(F)F)cccc2C(F)(F)F)c2ccccc2)c(C)c1. The van der Waals surface area contributed by atoms with Crippen LogP contribution in [0.5, 0.6) is 0 Å². The van der Waals surface area contributed by atoms with Crippen molar-refractivity contribution in [2.24, 2.45) is 0 Å². The summed E-state index contributed by atoms with van der Waals surface area (Å²) in [7, 11) is -2.78. The second-order valence-corrected chi connectivity index (χ2v) is 9.78. The highest BCUT2D eigenvalue weighted by Crippen LogP contribution is 2.49. The van der Waals surface area contributed by atoms with Gasteiger partial charge < -0.3 is 0 Å². The summed E-state index contributed by atoms with van der Waals surface area (Å²) in [5, 5.41) is 0.0666. The Kier molecular flexibility index (Phi) is 7.04. The minimum absolute atomic E-state index is 0.0666. The molecule has 178 valence electrons. The molecule has 0 bridgehead atoms. The molecule has 0 aliphatic carbocycles. The highest BCUT2D eigenvalue weighted by molar-refractivity contribution is 7.96. The smallest absolute Gasteiger partial charge is 0.288 e. The molecule has 34 heavy (non-hydrogen) atoms. The van der Waals surface area contributed by atoms with Crippen molar-refractivity contribution in [2.75, 3.05) is 0 Å². The van der Waals surface area contributed by atoms with Crippen molar-refractivity contribution in [3.63, 3.8) is 0 Å². The summed E-state index contributed by atoms with van der Waals surface area (Å²) in [6.45, 7) is 5.01. The van der Waals surface area contributed by atoms with E-state index < -0.39 is 48.0 Å². The van der Waals surface area contributed by atoms with E-state index in [0.29, 0.717) is 29.3 Å². The van der Waals surface area contributed by atoms with Crippen molar-refractivity contribution in [3.8, 4) is 0 Å². The van der Waals surface area contributed by atoms with Gasteiger partial charge in [-0.25, -0.2) is 0 Å². The molecule has 0 spiro atoms. The second kappa shape index (κ2) is 9.34. The number of alkyl halides is 6. The van der Waals surface area contributed by atoms with Gasteiger partial charge in [0, 0.05) is 11.1 Å². The summed E-state index contributed by atoms with van der Waals surface area (Å²) in [5.74, 6) is 0. The molecule has 0 N–H and O–H groups in total. The van der Waals surface area contributed by atoms with Crippen LogP contribution in [0.15, 0.2) is 60.7 Å². The lowest BCUT2D eigenvalue weighted by atomic mass is 10.0. The fourth-order valence-electron chi connectivity index (χ4n) is 3.90. The Morgan fingerprint density at radius 2 is 1.09 bits per heavy atom. The van der Waals surface area contributed by atoms with Gasteiger partial charge in [-0.05, 0) is 49.3 Å². The van der Waals surface area contributed by atoms with Gasteiger partial charge in [-0.2, -0.15) is 26.3 Å². The van der Waals surface area contributed by atoms with Gasteiger partial charge in [-0.3, -0.25) is 9.59 Å². The predicted octanol–water partition coefficient (Wildman–Crippen LogP) is 7.44. The van der Waals surface area contributed by atoms with Gasteiger partial charge in [-0.1, -0.05) is 54.1 Å². The van der Waals surface area contributed by atoms with Crippen molar-refractivity contribution >= 4 is 24.3 Å². The molecule has 0 saturated carbocycles. The van der Waals surface area contributed by atoms with Crippen LogP contribution in [0.25, 0.3) is 0 Å². The van der Waals surface area contributed by atoms with Crippen LogP contribution in [0.1, 0.15) is 48.5 Å². The lowest BCUT2D eigenvalue weighted by Gasteiger charge is -2.23. The zero-order chi connectivity index (χ0) is 25.4. The summed E-state index contributed by atoms with van der Waals surface area (Å²) >= 11 is 0. The summed E-state index contributed by atoms with van der Waals surface area (Å²) in [6, 6.07) is 12.0.